The first-order chi connectivity index (χ1) is 8.69. The van der Waals surface area contributed by atoms with E-state index < -0.39 is 0 Å². The molecule has 0 aliphatic carbocycles. The molecule has 98 valence electrons. The summed E-state index contributed by atoms with van der Waals surface area (Å²) in [5, 5.41) is 12.1. The smallest absolute Gasteiger partial charge is 0.126 e. The number of rotatable bonds is 7. The fourth-order valence-electron chi connectivity index (χ4n) is 1.84. The van der Waals surface area contributed by atoms with Gasteiger partial charge in [0.1, 0.15) is 5.82 Å². The maximum Gasteiger partial charge on any atom is 0.126 e. The predicted octanol–water partition coefficient (Wildman–Crippen LogP) is 2.49. The first kappa shape index (κ1) is 14.5. The lowest BCUT2D eigenvalue weighted by molar-refractivity contribution is 0.260. The number of aromatic nitrogens is 1. The van der Waals surface area contributed by atoms with E-state index in [4.69, 9.17) is 5.26 Å². The topological polar surface area (TPSA) is 52.0 Å². The lowest BCUT2D eigenvalue weighted by atomic mass is 10.1. The first-order valence-corrected chi connectivity index (χ1v) is 6.50. The van der Waals surface area contributed by atoms with Gasteiger partial charge in [0.05, 0.1) is 12.0 Å². The van der Waals surface area contributed by atoms with Crippen molar-refractivity contribution in [2.45, 2.75) is 27.3 Å². The third-order valence-corrected chi connectivity index (χ3v) is 2.79. The van der Waals surface area contributed by atoms with Crippen molar-refractivity contribution in [2.75, 3.05) is 25.0 Å². The summed E-state index contributed by atoms with van der Waals surface area (Å²) in [6.07, 6.45) is 1.83. The molecule has 1 aromatic heterocycles. The quantitative estimate of drug-likeness (QED) is 0.803. The van der Waals surface area contributed by atoms with E-state index >= 15 is 0 Å². The van der Waals surface area contributed by atoms with Crippen LogP contribution in [0.5, 0.6) is 0 Å². The van der Waals surface area contributed by atoms with E-state index in [1.165, 1.54) is 5.56 Å². The van der Waals surface area contributed by atoms with Crippen LogP contribution in [0.15, 0.2) is 18.3 Å². The minimum Gasteiger partial charge on any atom is -0.370 e. The number of pyridine rings is 1. The number of hydrogen-bond acceptors (Lipinski definition) is 4. The molecule has 1 atom stereocenters. The van der Waals surface area contributed by atoms with Gasteiger partial charge >= 0.3 is 0 Å². The van der Waals surface area contributed by atoms with E-state index in [1.807, 2.05) is 19.2 Å². The number of hydrogen-bond donors (Lipinski definition) is 1. The van der Waals surface area contributed by atoms with Crippen LogP contribution in [-0.4, -0.2) is 29.5 Å². The van der Waals surface area contributed by atoms with Crippen molar-refractivity contribution in [2.24, 2.45) is 5.92 Å². The molecule has 1 heterocycles. The van der Waals surface area contributed by atoms with Gasteiger partial charge in [-0.1, -0.05) is 6.92 Å². The molecule has 0 aliphatic heterocycles. The van der Waals surface area contributed by atoms with Gasteiger partial charge in [-0.2, -0.15) is 5.26 Å². The van der Waals surface area contributed by atoms with Crippen molar-refractivity contribution in [3.8, 4) is 6.07 Å². The van der Waals surface area contributed by atoms with E-state index in [0.29, 0.717) is 0 Å². The summed E-state index contributed by atoms with van der Waals surface area (Å²) < 4.78 is 0. The fourth-order valence-corrected chi connectivity index (χ4v) is 1.84. The maximum absolute atomic E-state index is 8.86. The first-order valence-electron chi connectivity index (χ1n) is 6.50. The Balaban J connectivity index is 2.64. The molecule has 0 saturated heterocycles. The van der Waals surface area contributed by atoms with Crippen LogP contribution in [0.25, 0.3) is 0 Å². The van der Waals surface area contributed by atoms with Crippen LogP contribution in [0, 0.1) is 17.2 Å². The molecule has 0 aliphatic rings. The van der Waals surface area contributed by atoms with E-state index in [1.54, 1.807) is 0 Å². The Labute approximate surface area is 110 Å². The third-order valence-electron chi connectivity index (χ3n) is 2.79. The molecular formula is C14H22N4. The summed E-state index contributed by atoms with van der Waals surface area (Å²) in [6, 6.07) is 6.38. The van der Waals surface area contributed by atoms with E-state index in [0.717, 1.165) is 32.0 Å². The summed E-state index contributed by atoms with van der Waals surface area (Å²) in [7, 11) is 0. The Kier molecular flexibility index (Phi) is 6.16. The van der Waals surface area contributed by atoms with E-state index in [9.17, 15) is 0 Å². The fraction of sp³-hybridized carbons (Fsp3) is 0.571. The minimum atomic E-state index is 0.0695. The second-order valence-corrected chi connectivity index (χ2v) is 4.44. The zero-order valence-electron chi connectivity index (χ0n) is 11.5. The highest BCUT2D eigenvalue weighted by Crippen LogP contribution is 2.10. The van der Waals surface area contributed by atoms with Crippen LogP contribution in [0.4, 0.5) is 5.82 Å². The normalized spacial score (nSPS) is 12.2. The van der Waals surface area contributed by atoms with Crippen molar-refractivity contribution in [3.05, 3.63) is 23.9 Å². The number of nitrogens with one attached hydrogen (secondary N) is 1. The largest absolute Gasteiger partial charge is 0.370 e. The maximum atomic E-state index is 8.86. The second-order valence-electron chi connectivity index (χ2n) is 4.44. The Bertz CT molecular complexity index is 397. The van der Waals surface area contributed by atoms with Crippen LogP contribution in [0.2, 0.25) is 0 Å². The predicted molar refractivity (Wildman–Crippen MR) is 74.1 cm³/mol. The van der Waals surface area contributed by atoms with Gasteiger partial charge in [-0.3, -0.25) is 4.90 Å². The van der Waals surface area contributed by atoms with Crippen LogP contribution in [0.3, 0.4) is 0 Å². The number of nitriles is 1. The minimum absolute atomic E-state index is 0.0695. The summed E-state index contributed by atoms with van der Waals surface area (Å²) in [4.78, 5) is 6.53. The van der Waals surface area contributed by atoms with Crippen molar-refractivity contribution < 1.29 is 0 Å². The monoisotopic (exact) mass is 246 g/mol. The standard InChI is InChI=1S/C14H22N4/c1-4-16-14-8-13(6-7-17-14)11-18(5-2)10-12(3)9-15/h6-8,12H,4-5,10-11H2,1-3H3,(H,16,17). The number of nitrogens with zero attached hydrogens (tertiary/aromatic N) is 3. The molecule has 1 unspecified atom stereocenters. The molecule has 4 nitrogen and oxygen atoms in total. The molecule has 1 N–H and O–H groups in total. The van der Waals surface area contributed by atoms with Crippen LogP contribution >= 0.6 is 0 Å². The Hall–Kier alpha value is -1.60. The molecule has 0 amide bonds. The van der Waals surface area contributed by atoms with Crippen molar-refractivity contribution >= 4 is 5.82 Å². The molecule has 1 rings (SSSR count). The molecule has 4 heteroatoms. The average molecular weight is 246 g/mol. The molecule has 0 spiro atoms. The second kappa shape index (κ2) is 7.67. The van der Waals surface area contributed by atoms with Crippen LogP contribution in [0.1, 0.15) is 26.3 Å². The number of anilines is 1. The molecule has 18 heavy (non-hydrogen) atoms. The van der Waals surface area contributed by atoms with Gasteiger partial charge in [0, 0.05) is 25.8 Å². The average Bonchev–Trinajstić information content (AvgIpc) is 2.38. The van der Waals surface area contributed by atoms with E-state index in [2.05, 4.69) is 41.2 Å². The Morgan fingerprint density at radius 1 is 1.50 bits per heavy atom. The van der Waals surface area contributed by atoms with Crippen molar-refractivity contribution in [3.63, 3.8) is 0 Å². The summed E-state index contributed by atoms with van der Waals surface area (Å²) >= 11 is 0. The molecule has 0 saturated carbocycles. The molecule has 0 bridgehead atoms. The zero-order chi connectivity index (χ0) is 13.4. The highest BCUT2D eigenvalue weighted by Gasteiger charge is 2.08. The lowest BCUT2D eigenvalue weighted by Crippen LogP contribution is -2.27. The van der Waals surface area contributed by atoms with Gasteiger partial charge in [0.15, 0.2) is 0 Å². The lowest BCUT2D eigenvalue weighted by Gasteiger charge is -2.21. The Morgan fingerprint density at radius 2 is 2.28 bits per heavy atom. The van der Waals surface area contributed by atoms with Gasteiger partial charge in [-0.15, -0.1) is 0 Å². The highest BCUT2D eigenvalue weighted by molar-refractivity contribution is 5.37. The molecule has 1 aromatic rings. The summed E-state index contributed by atoms with van der Waals surface area (Å²) in [6.45, 7) is 9.64. The third kappa shape index (κ3) is 4.72. The van der Waals surface area contributed by atoms with Crippen LogP contribution < -0.4 is 5.32 Å². The summed E-state index contributed by atoms with van der Waals surface area (Å²) in [5.74, 6) is 0.986. The zero-order valence-corrected chi connectivity index (χ0v) is 11.5. The molecule has 0 aromatic carbocycles. The van der Waals surface area contributed by atoms with Gasteiger partial charge in [0.2, 0.25) is 0 Å². The Morgan fingerprint density at radius 3 is 2.89 bits per heavy atom. The molecule has 0 fully saturated rings. The summed E-state index contributed by atoms with van der Waals surface area (Å²) in [5.41, 5.74) is 1.23. The van der Waals surface area contributed by atoms with E-state index in [-0.39, 0.29) is 5.92 Å². The van der Waals surface area contributed by atoms with Gasteiger partial charge in [-0.05, 0) is 38.1 Å². The van der Waals surface area contributed by atoms with Gasteiger partial charge in [0.25, 0.3) is 0 Å². The molecule has 0 radical (unpaired) electrons. The van der Waals surface area contributed by atoms with Gasteiger partial charge < -0.3 is 5.32 Å². The van der Waals surface area contributed by atoms with Crippen LogP contribution in [-0.2, 0) is 6.54 Å². The molecular weight excluding hydrogens is 224 g/mol. The van der Waals surface area contributed by atoms with Crippen molar-refractivity contribution in [1.29, 1.82) is 5.26 Å². The SMILES string of the molecule is CCNc1cc(CN(CC)CC(C)C#N)ccn1. The van der Waals surface area contributed by atoms with Crippen molar-refractivity contribution in [1.82, 2.24) is 9.88 Å². The van der Waals surface area contributed by atoms with Gasteiger partial charge in [-0.25, -0.2) is 4.98 Å². The highest BCUT2D eigenvalue weighted by atomic mass is 15.1.